The zero-order chi connectivity index (χ0) is 11.5. The van der Waals surface area contributed by atoms with Gasteiger partial charge >= 0.3 is 0 Å². The van der Waals surface area contributed by atoms with Crippen molar-refractivity contribution in [2.24, 2.45) is 0 Å². The molecular weight excluding hydrogens is 400 g/mol. The number of hydrogen-bond donors (Lipinski definition) is 0. The summed E-state index contributed by atoms with van der Waals surface area (Å²) in [5.74, 6) is 0.791. The molecule has 0 saturated carbocycles. The first kappa shape index (κ1) is 12.2. The molecule has 1 aromatic heterocycles. The van der Waals surface area contributed by atoms with Crippen molar-refractivity contribution in [2.75, 3.05) is 0 Å². The highest BCUT2D eigenvalue weighted by Crippen LogP contribution is 2.17. The first-order valence-electron chi connectivity index (χ1n) is 4.57. The van der Waals surface area contributed by atoms with Crippen molar-refractivity contribution in [1.29, 1.82) is 0 Å². The third-order valence-electron chi connectivity index (χ3n) is 1.96. The summed E-state index contributed by atoms with van der Waals surface area (Å²) >= 11 is 10.1. The Bertz CT molecular complexity index is 494. The van der Waals surface area contributed by atoms with Gasteiger partial charge in [0.15, 0.2) is 0 Å². The second-order valence-corrected chi connectivity index (χ2v) is 5.78. The van der Waals surface area contributed by atoms with Crippen molar-refractivity contribution in [3.05, 3.63) is 55.4 Å². The zero-order valence-corrected chi connectivity index (χ0v) is 12.9. The van der Waals surface area contributed by atoms with Gasteiger partial charge in [0.05, 0.1) is 0 Å². The summed E-state index contributed by atoms with van der Waals surface area (Å²) in [5.41, 5.74) is 1.18. The van der Waals surface area contributed by atoms with Crippen molar-refractivity contribution >= 4 is 47.8 Å². The number of nitrogens with zero attached hydrogens (tertiary/aromatic N) is 2. The number of hydrogen-bond acceptors (Lipinski definition) is 2. The highest BCUT2D eigenvalue weighted by molar-refractivity contribution is 9.11. The largest absolute Gasteiger partial charge is 0.226 e. The van der Waals surface area contributed by atoms with Gasteiger partial charge in [0.2, 0.25) is 0 Å². The molecular formula is C11H7Br3N2. The average molecular weight is 407 g/mol. The molecule has 0 N–H and O–H groups in total. The molecule has 0 bridgehead atoms. The lowest BCUT2D eigenvalue weighted by Gasteiger charge is -2.02. The molecule has 1 heterocycles. The Hall–Kier alpha value is -0.260. The molecule has 0 amide bonds. The van der Waals surface area contributed by atoms with Crippen LogP contribution in [0.3, 0.4) is 0 Å². The molecule has 16 heavy (non-hydrogen) atoms. The van der Waals surface area contributed by atoms with Gasteiger partial charge in [-0.05, 0) is 49.6 Å². The fourth-order valence-corrected chi connectivity index (χ4v) is 2.94. The van der Waals surface area contributed by atoms with Crippen LogP contribution in [-0.2, 0) is 6.42 Å². The third kappa shape index (κ3) is 3.37. The minimum absolute atomic E-state index is 0.720. The molecule has 2 rings (SSSR count). The summed E-state index contributed by atoms with van der Waals surface area (Å²) in [4.78, 5) is 8.64. The molecule has 0 fully saturated rings. The molecule has 0 unspecified atom stereocenters. The molecule has 0 aliphatic heterocycles. The van der Waals surface area contributed by atoms with E-state index >= 15 is 0 Å². The van der Waals surface area contributed by atoms with Crippen LogP contribution in [-0.4, -0.2) is 9.97 Å². The summed E-state index contributed by atoms with van der Waals surface area (Å²) < 4.78 is 2.65. The lowest BCUT2D eigenvalue weighted by molar-refractivity contribution is 0.940. The summed E-state index contributed by atoms with van der Waals surface area (Å²) in [6, 6.07) is 9.96. The molecule has 2 nitrogen and oxygen atoms in total. The van der Waals surface area contributed by atoms with Crippen LogP contribution in [0.1, 0.15) is 11.4 Å². The van der Waals surface area contributed by atoms with E-state index in [-0.39, 0.29) is 0 Å². The van der Waals surface area contributed by atoms with E-state index in [1.807, 2.05) is 18.2 Å². The molecule has 82 valence electrons. The predicted octanol–water partition coefficient (Wildman–Crippen LogP) is 4.35. The molecule has 2 aromatic rings. The molecule has 0 spiro atoms. The normalized spacial score (nSPS) is 10.4. The number of rotatable bonds is 2. The summed E-state index contributed by atoms with van der Waals surface area (Å²) in [6.45, 7) is 0. The van der Waals surface area contributed by atoms with Gasteiger partial charge in [-0.1, -0.05) is 28.1 Å². The average Bonchev–Trinajstić information content (AvgIpc) is 2.15. The standard InChI is InChI=1S/C11H7Br3N2/c12-8-3-1-2-7(4-8)5-11-15-9(13)6-10(14)16-11/h1-4,6H,5H2. The van der Waals surface area contributed by atoms with E-state index in [0.717, 1.165) is 25.9 Å². The van der Waals surface area contributed by atoms with E-state index in [1.165, 1.54) is 5.56 Å². The van der Waals surface area contributed by atoms with Crippen molar-refractivity contribution in [3.8, 4) is 0 Å². The minimum Gasteiger partial charge on any atom is -0.226 e. The van der Waals surface area contributed by atoms with Crippen LogP contribution in [0.25, 0.3) is 0 Å². The van der Waals surface area contributed by atoms with Gasteiger partial charge in [-0.15, -0.1) is 0 Å². The van der Waals surface area contributed by atoms with Crippen LogP contribution in [0.2, 0.25) is 0 Å². The van der Waals surface area contributed by atoms with Gasteiger partial charge in [-0.2, -0.15) is 0 Å². The van der Waals surface area contributed by atoms with Crippen LogP contribution >= 0.6 is 47.8 Å². The van der Waals surface area contributed by atoms with Crippen molar-refractivity contribution < 1.29 is 0 Å². The van der Waals surface area contributed by atoms with Crippen molar-refractivity contribution in [1.82, 2.24) is 9.97 Å². The van der Waals surface area contributed by atoms with Crippen LogP contribution in [0, 0.1) is 0 Å². The molecule has 0 radical (unpaired) electrons. The van der Waals surface area contributed by atoms with Crippen molar-refractivity contribution in [3.63, 3.8) is 0 Å². The lowest BCUT2D eigenvalue weighted by atomic mass is 10.1. The molecule has 0 aliphatic rings. The van der Waals surface area contributed by atoms with Gasteiger partial charge < -0.3 is 0 Å². The highest BCUT2D eigenvalue weighted by atomic mass is 79.9. The van der Waals surface area contributed by atoms with E-state index in [4.69, 9.17) is 0 Å². The quantitative estimate of drug-likeness (QED) is 0.693. The van der Waals surface area contributed by atoms with E-state index in [0.29, 0.717) is 0 Å². The maximum atomic E-state index is 4.32. The van der Waals surface area contributed by atoms with Gasteiger partial charge in [-0.25, -0.2) is 9.97 Å². The Labute approximate surface area is 119 Å². The van der Waals surface area contributed by atoms with E-state index in [9.17, 15) is 0 Å². The Morgan fingerprint density at radius 1 is 0.938 bits per heavy atom. The second kappa shape index (κ2) is 5.38. The Morgan fingerprint density at radius 3 is 2.25 bits per heavy atom. The number of halogens is 3. The van der Waals surface area contributed by atoms with Gasteiger partial charge in [0.25, 0.3) is 0 Å². The first-order valence-corrected chi connectivity index (χ1v) is 6.95. The number of benzene rings is 1. The van der Waals surface area contributed by atoms with Crippen LogP contribution in [0.5, 0.6) is 0 Å². The SMILES string of the molecule is Brc1cccc(Cc2nc(Br)cc(Br)n2)c1. The van der Waals surface area contributed by atoms with Gasteiger partial charge in [0.1, 0.15) is 15.0 Å². The van der Waals surface area contributed by atoms with Gasteiger partial charge in [0, 0.05) is 17.0 Å². The lowest BCUT2D eigenvalue weighted by Crippen LogP contribution is -1.97. The van der Waals surface area contributed by atoms with E-state index in [2.05, 4.69) is 69.9 Å². The Morgan fingerprint density at radius 2 is 1.62 bits per heavy atom. The summed E-state index contributed by atoms with van der Waals surface area (Å²) in [6.07, 6.45) is 0.720. The summed E-state index contributed by atoms with van der Waals surface area (Å²) in [5, 5.41) is 0. The Kier molecular flexibility index (Phi) is 4.10. The van der Waals surface area contributed by atoms with Crippen LogP contribution < -0.4 is 0 Å². The Balaban J connectivity index is 2.27. The van der Waals surface area contributed by atoms with Crippen LogP contribution in [0.4, 0.5) is 0 Å². The highest BCUT2D eigenvalue weighted by Gasteiger charge is 2.03. The maximum Gasteiger partial charge on any atom is 0.135 e. The predicted molar refractivity (Wildman–Crippen MR) is 74.4 cm³/mol. The fourth-order valence-electron chi connectivity index (χ4n) is 1.34. The monoisotopic (exact) mass is 404 g/mol. The smallest absolute Gasteiger partial charge is 0.135 e. The first-order chi connectivity index (χ1) is 7.63. The topological polar surface area (TPSA) is 25.8 Å². The van der Waals surface area contributed by atoms with E-state index in [1.54, 1.807) is 0 Å². The molecule has 5 heteroatoms. The van der Waals surface area contributed by atoms with Crippen molar-refractivity contribution in [2.45, 2.75) is 6.42 Å². The zero-order valence-electron chi connectivity index (χ0n) is 8.12. The number of aromatic nitrogens is 2. The maximum absolute atomic E-state index is 4.32. The summed E-state index contributed by atoms with van der Waals surface area (Å²) in [7, 11) is 0. The van der Waals surface area contributed by atoms with E-state index < -0.39 is 0 Å². The minimum atomic E-state index is 0.720. The molecule has 0 atom stereocenters. The molecule has 0 saturated heterocycles. The third-order valence-corrected chi connectivity index (χ3v) is 3.27. The fraction of sp³-hybridized carbons (Fsp3) is 0.0909. The van der Waals surface area contributed by atoms with Gasteiger partial charge in [-0.3, -0.25) is 0 Å². The molecule has 0 aliphatic carbocycles. The molecule has 1 aromatic carbocycles. The second-order valence-electron chi connectivity index (χ2n) is 3.24. The van der Waals surface area contributed by atoms with Crippen LogP contribution in [0.15, 0.2) is 44.0 Å².